The minimum absolute atomic E-state index is 0.0366. The maximum absolute atomic E-state index is 6.18. The molecule has 0 radical (unpaired) electrons. The van der Waals surface area contributed by atoms with E-state index in [1.165, 1.54) is 0 Å². The molecule has 22 heavy (non-hydrogen) atoms. The molecule has 3 aliphatic heterocycles. The monoisotopic (exact) mass is 418 g/mol. The molecule has 1 aromatic rings. The Bertz CT molecular complexity index is 537. The summed E-state index contributed by atoms with van der Waals surface area (Å²) in [4.78, 5) is 0. The molecule has 0 bridgehead atoms. The lowest BCUT2D eigenvalue weighted by Crippen LogP contribution is -2.50. The SMILES string of the molecule is CC1(C)OC2OC3C(CI)OC(c4ccccc4)OC3C2O1. The number of alkyl halides is 1. The maximum Gasteiger partial charge on any atom is 0.190 e. The molecular formula is C16H19IO5. The maximum atomic E-state index is 6.18. The quantitative estimate of drug-likeness (QED) is 0.546. The van der Waals surface area contributed by atoms with Crippen LogP contribution in [-0.4, -0.2) is 40.9 Å². The minimum atomic E-state index is -0.635. The van der Waals surface area contributed by atoms with Gasteiger partial charge in [-0.2, -0.15) is 0 Å². The van der Waals surface area contributed by atoms with Crippen LogP contribution in [0.1, 0.15) is 25.7 Å². The molecule has 5 nitrogen and oxygen atoms in total. The summed E-state index contributed by atoms with van der Waals surface area (Å²) in [5, 5.41) is 0. The van der Waals surface area contributed by atoms with Crippen LogP contribution in [0.4, 0.5) is 0 Å². The summed E-state index contributed by atoms with van der Waals surface area (Å²) in [6, 6.07) is 9.98. The van der Waals surface area contributed by atoms with Gasteiger partial charge in [-0.15, -0.1) is 0 Å². The van der Waals surface area contributed by atoms with E-state index in [2.05, 4.69) is 22.6 Å². The molecule has 6 atom stereocenters. The topological polar surface area (TPSA) is 46.2 Å². The lowest BCUT2D eigenvalue weighted by Gasteiger charge is -2.39. The highest BCUT2D eigenvalue weighted by Crippen LogP contribution is 2.45. The summed E-state index contributed by atoms with van der Waals surface area (Å²) in [6.45, 7) is 3.79. The van der Waals surface area contributed by atoms with Crippen molar-refractivity contribution in [1.29, 1.82) is 0 Å². The molecule has 4 rings (SSSR count). The van der Waals surface area contributed by atoms with Gasteiger partial charge in [0.1, 0.15) is 18.3 Å². The summed E-state index contributed by atoms with van der Waals surface area (Å²) in [5.74, 6) is -0.635. The van der Waals surface area contributed by atoms with Gasteiger partial charge in [-0.1, -0.05) is 52.9 Å². The first kappa shape index (κ1) is 15.3. The predicted molar refractivity (Wildman–Crippen MR) is 86.5 cm³/mol. The van der Waals surface area contributed by atoms with Gasteiger partial charge < -0.3 is 23.7 Å². The molecule has 1 aromatic carbocycles. The first-order chi connectivity index (χ1) is 10.6. The molecule has 0 aromatic heterocycles. The molecule has 3 heterocycles. The molecule has 0 aliphatic carbocycles. The van der Waals surface area contributed by atoms with Crippen LogP contribution in [0, 0.1) is 0 Å². The number of rotatable bonds is 2. The van der Waals surface area contributed by atoms with E-state index in [0.29, 0.717) is 0 Å². The van der Waals surface area contributed by atoms with Crippen molar-refractivity contribution >= 4 is 22.6 Å². The third-order valence-corrected chi connectivity index (χ3v) is 5.06. The third-order valence-electron chi connectivity index (χ3n) is 4.20. The van der Waals surface area contributed by atoms with Crippen LogP contribution < -0.4 is 0 Å². The highest BCUT2D eigenvalue weighted by Gasteiger charge is 2.59. The zero-order valence-corrected chi connectivity index (χ0v) is 14.6. The fourth-order valence-corrected chi connectivity index (χ4v) is 3.97. The minimum Gasteiger partial charge on any atom is -0.341 e. The van der Waals surface area contributed by atoms with E-state index in [1.807, 2.05) is 44.2 Å². The predicted octanol–water partition coefficient (Wildman–Crippen LogP) is 2.78. The Hall–Kier alpha value is -0.250. The Kier molecular flexibility index (Phi) is 3.95. The van der Waals surface area contributed by atoms with Gasteiger partial charge >= 0.3 is 0 Å². The van der Waals surface area contributed by atoms with E-state index in [1.54, 1.807) is 0 Å². The van der Waals surface area contributed by atoms with E-state index < -0.39 is 12.1 Å². The Morgan fingerprint density at radius 1 is 0.955 bits per heavy atom. The van der Waals surface area contributed by atoms with Crippen molar-refractivity contribution in [1.82, 2.24) is 0 Å². The molecule has 3 fully saturated rings. The molecule has 0 amide bonds. The van der Waals surface area contributed by atoms with Crippen LogP contribution in [0.15, 0.2) is 30.3 Å². The Balaban J connectivity index is 1.59. The Morgan fingerprint density at radius 3 is 2.45 bits per heavy atom. The zero-order chi connectivity index (χ0) is 15.3. The fourth-order valence-electron chi connectivity index (χ4n) is 3.26. The van der Waals surface area contributed by atoms with Gasteiger partial charge in [0, 0.05) is 9.99 Å². The van der Waals surface area contributed by atoms with Crippen molar-refractivity contribution in [2.45, 2.75) is 56.6 Å². The average Bonchev–Trinajstić information content (AvgIpc) is 2.99. The van der Waals surface area contributed by atoms with Crippen molar-refractivity contribution < 1.29 is 23.7 Å². The second kappa shape index (κ2) is 5.68. The molecule has 0 spiro atoms. The van der Waals surface area contributed by atoms with Crippen molar-refractivity contribution in [3.8, 4) is 0 Å². The highest BCUT2D eigenvalue weighted by atomic mass is 127. The third kappa shape index (κ3) is 2.59. The van der Waals surface area contributed by atoms with Gasteiger partial charge in [-0.25, -0.2) is 0 Å². The number of halogens is 1. The summed E-state index contributed by atoms with van der Waals surface area (Å²) in [5.41, 5.74) is 1.01. The van der Waals surface area contributed by atoms with E-state index in [9.17, 15) is 0 Å². The standard InChI is InChI=1S/C16H19IO5/c1-16(2)21-13-12-11(19-15(13)22-16)10(8-17)18-14(20-12)9-6-4-3-5-7-9/h3-7,10-15H,8H2,1-2H3. The van der Waals surface area contributed by atoms with E-state index in [0.717, 1.165) is 9.99 Å². The van der Waals surface area contributed by atoms with Gasteiger partial charge in [0.25, 0.3) is 0 Å². The van der Waals surface area contributed by atoms with Gasteiger partial charge in [0.05, 0.1) is 6.10 Å². The number of hydrogen-bond donors (Lipinski definition) is 0. The van der Waals surface area contributed by atoms with Crippen LogP contribution in [0.5, 0.6) is 0 Å². The van der Waals surface area contributed by atoms with Crippen molar-refractivity contribution in [3.63, 3.8) is 0 Å². The van der Waals surface area contributed by atoms with Crippen LogP contribution in [0.2, 0.25) is 0 Å². The number of fused-ring (bicyclic) bond motifs is 3. The first-order valence-corrected chi connectivity index (χ1v) is 9.03. The lowest BCUT2D eigenvalue weighted by molar-refractivity contribution is -0.305. The summed E-state index contributed by atoms with van der Waals surface area (Å²) in [7, 11) is 0. The number of benzene rings is 1. The summed E-state index contributed by atoms with van der Waals surface area (Å²) in [6.07, 6.45) is -1.34. The lowest BCUT2D eigenvalue weighted by atomic mass is 10.0. The van der Waals surface area contributed by atoms with E-state index >= 15 is 0 Å². The van der Waals surface area contributed by atoms with Crippen molar-refractivity contribution in [2.24, 2.45) is 0 Å². The zero-order valence-electron chi connectivity index (χ0n) is 12.5. The van der Waals surface area contributed by atoms with E-state index in [-0.39, 0.29) is 30.7 Å². The van der Waals surface area contributed by atoms with Crippen LogP contribution >= 0.6 is 22.6 Å². The highest BCUT2D eigenvalue weighted by molar-refractivity contribution is 14.1. The number of ether oxygens (including phenoxy) is 5. The van der Waals surface area contributed by atoms with Crippen molar-refractivity contribution in [2.75, 3.05) is 4.43 Å². The number of hydrogen-bond acceptors (Lipinski definition) is 5. The smallest absolute Gasteiger partial charge is 0.190 e. The fraction of sp³-hybridized carbons (Fsp3) is 0.625. The molecule has 6 heteroatoms. The van der Waals surface area contributed by atoms with Crippen LogP contribution in [-0.2, 0) is 23.7 Å². The van der Waals surface area contributed by atoms with Gasteiger partial charge in [-0.05, 0) is 13.8 Å². The Morgan fingerprint density at radius 2 is 1.73 bits per heavy atom. The normalized spacial score (nSPS) is 42.9. The molecular weight excluding hydrogens is 399 g/mol. The van der Waals surface area contributed by atoms with Crippen LogP contribution in [0.3, 0.4) is 0 Å². The van der Waals surface area contributed by atoms with Gasteiger partial charge in [-0.3, -0.25) is 0 Å². The van der Waals surface area contributed by atoms with Crippen LogP contribution in [0.25, 0.3) is 0 Å². The molecule has 3 aliphatic rings. The second-order valence-corrected chi connectivity index (χ2v) is 7.12. The average molecular weight is 418 g/mol. The second-order valence-electron chi connectivity index (χ2n) is 6.24. The summed E-state index contributed by atoms with van der Waals surface area (Å²) >= 11 is 2.32. The molecule has 120 valence electrons. The Labute approximate surface area is 143 Å². The largest absolute Gasteiger partial charge is 0.341 e. The van der Waals surface area contributed by atoms with Gasteiger partial charge in [0.2, 0.25) is 0 Å². The summed E-state index contributed by atoms with van der Waals surface area (Å²) < 4.78 is 30.9. The van der Waals surface area contributed by atoms with Gasteiger partial charge in [0.15, 0.2) is 18.4 Å². The molecule has 0 N–H and O–H groups in total. The first-order valence-electron chi connectivity index (χ1n) is 7.50. The van der Waals surface area contributed by atoms with Crippen molar-refractivity contribution in [3.05, 3.63) is 35.9 Å². The van der Waals surface area contributed by atoms with E-state index in [4.69, 9.17) is 23.7 Å². The molecule has 6 unspecified atom stereocenters. The molecule has 0 saturated carbocycles. The molecule has 3 saturated heterocycles.